The van der Waals surface area contributed by atoms with Crippen LogP contribution in [-0.2, 0) is 19.1 Å². The highest BCUT2D eigenvalue weighted by Crippen LogP contribution is 2.55. The first-order valence-corrected chi connectivity index (χ1v) is 6.39. The van der Waals surface area contributed by atoms with E-state index in [1.54, 1.807) is 22.9 Å². The minimum Gasteiger partial charge on any atom is -0.467 e. The Bertz CT molecular complexity index is 505. The van der Waals surface area contributed by atoms with Crippen molar-refractivity contribution in [3.63, 3.8) is 0 Å². The van der Waals surface area contributed by atoms with Crippen LogP contribution < -0.4 is 0 Å². The Balaban J connectivity index is 2.03. The van der Waals surface area contributed by atoms with Crippen molar-refractivity contribution in [2.45, 2.75) is 29.5 Å². The molecule has 0 radical (unpaired) electrons. The van der Waals surface area contributed by atoms with Crippen molar-refractivity contribution in [1.82, 2.24) is 20.3 Å². The standard InChI is InChI=1S/C10H12N4O3S/c1-10(5-4-11-13-12-5)8(9(16)17-2)14-6(15)3-7(14)18-10/h4,7-8H,3H2,1-2H3,(H,11,12,13). The SMILES string of the molecule is COC(=O)C1N2C(=O)CC2SC1(C)c1c[nH]nn1. The molecular weight excluding hydrogens is 256 g/mol. The number of esters is 1. The number of methoxy groups -OCH3 is 1. The van der Waals surface area contributed by atoms with Gasteiger partial charge in [0.05, 0.1) is 23.7 Å². The van der Waals surface area contributed by atoms with Crippen LogP contribution in [-0.4, -0.2) is 50.7 Å². The molecule has 3 rings (SSSR count). The quantitative estimate of drug-likeness (QED) is 0.593. The Hall–Kier alpha value is -1.57. The predicted octanol–water partition coefficient (Wildman–Crippen LogP) is -0.133. The Labute approximate surface area is 107 Å². The molecule has 2 aliphatic rings. The fourth-order valence-corrected chi connectivity index (χ4v) is 4.22. The van der Waals surface area contributed by atoms with Gasteiger partial charge in [0.25, 0.3) is 0 Å². The molecule has 8 heteroatoms. The topological polar surface area (TPSA) is 88.2 Å². The van der Waals surface area contributed by atoms with Gasteiger partial charge in [-0.3, -0.25) is 9.89 Å². The van der Waals surface area contributed by atoms with Crippen LogP contribution in [0.1, 0.15) is 19.0 Å². The predicted molar refractivity (Wildman–Crippen MR) is 62.4 cm³/mol. The number of hydrogen-bond acceptors (Lipinski definition) is 6. The summed E-state index contributed by atoms with van der Waals surface area (Å²) < 4.78 is 4.21. The van der Waals surface area contributed by atoms with Crippen LogP contribution in [0.3, 0.4) is 0 Å². The molecule has 1 amide bonds. The summed E-state index contributed by atoms with van der Waals surface area (Å²) in [5.41, 5.74) is 0.658. The van der Waals surface area contributed by atoms with E-state index in [0.29, 0.717) is 12.1 Å². The van der Waals surface area contributed by atoms with Gasteiger partial charge in [0.2, 0.25) is 5.91 Å². The average Bonchev–Trinajstić information content (AvgIpc) is 2.94. The highest BCUT2D eigenvalue weighted by atomic mass is 32.2. The minimum atomic E-state index is -0.635. The molecule has 1 aromatic heterocycles. The number of ether oxygens (including phenoxy) is 1. The smallest absolute Gasteiger partial charge is 0.330 e. The van der Waals surface area contributed by atoms with E-state index in [-0.39, 0.29) is 11.3 Å². The van der Waals surface area contributed by atoms with Crippen molar-refractivity contribution >= 4 is 23.6 Å². The van der Waals surface area contributed by atoms with E-state index in [0.717, 1.165) is 0 Å². The van der Waals surface area contributed by atoms with Crippen LogP contribution in [0.4, 0.5) is 0 Å². The summed E-state index contributed by atoms with van der Waals surface area (Å²) in [7, 11) is 1.33. The van der Waals surface area contributed by atoms with Crippen LogP contribution in [0.25, 0.3) is 0 Å². The second kappa shape index (κ2) is 3.71. The molecule has 0 bridgehead atoms. The van der Waals surface area contributed by atoms with Gasteiger partial charge in [-0.1, -0.05) is 5.21 Å². The lowest BCUT2D eigenvalue weighted by Crippen LogP contribution is -2.57. The fraction of sp³-hybridized carbons (Fsp3) is 0.600. The number of nitrogens with one attached hydrogen (secondary N) is 1. The number of rotatable bonds is 2. The molecule has 0 aliphatic carbocycles. The Kier molecular flexibility index (Phi) is 2.37. The highest BCUT2D eigenvalue weighted by Gasteiger charge is 2.62. The summed E-state index contributed by atoms with van der Waals surface area (Å²) in [6, 6.07) is -0.635. The molecule has 3 unspecified atom stereocenters. The Morgan fingerprint density at radius 3 is 3.06 bits per heavy atom. The molecule has 7 nitrogen and oxygen atoms in total. The molecule has 3 atom stereocenters. The van der Waals surface area contributed by atoms with Crippen molar-refractivity contribution in [2.75, 3.05) is 7.11 Å². The third-order valence-electron chi connectivity index (χ3n) is 3.48. The average molecular weight is 268 g/mol. The van der Waals surface area contributed by atoms with Gasteiger partial charge < -0.3 is 9.64 Å². The molecule has 18 heavy (non-hydrogen) atoms. The summed E-state index contributed by atoms with van der Waals surface area (Å²) in [5, 5.41) is 10.3. The molecule has 1 N–H and O–H groups in total. The first-order valence-electron chi connectivity index (χ1n) is 5.51. The zero-order valence-electron chi connectivity index (χ0n) is 9.91. The summed E-state index contributed by atoms with van der Waals surface area (Å²) in [6.45, 7) is 1.89. The summed E-state index contributed by atoms with van der Waals surface area (Å²) >= 11 is 1.56. The normalized spacial score (nSPS) is 34.1. The molecule has 1 aromatic rings. The van der Waals surface area contributed by atoms with Crippen molar-refractivity contribution in [3.8, 4) is 0 Å². The van der Waals surface area contributed by atoms with E-state index in [1.165, 1.54) is 7.11 Å². The maximum atomic E-state index is 12.0. The number of carbonyl (C=O) groups excluding carboxylic acids is 2. The zero-order chi connectivity index (χ0) is 12.9. The van der Waals surface area contributed by atoms with Crippen LogP contribution in [0.15, 0.2) is 6.20 Å². The van der Waals surface area contributed by atoms with E-state index in [1.807, 2.05) is 6.92 Å². The zero-order valence-corrected chi connectivity index (χ0v) is 10.7. The number of carbonyl (C=O) groups is 2. The number of fused-ring (bicyclic) bond motifs is 1. The van der Waals surface area contributed by atoms with E-state index in [4.69, 9.17) is 4.74 Å². The lowest BCUT2D eigenvalue weighted by Gasteiger charge is -2.37. The van der Waals surface area contributed by atoms with Crippen LogP contribution in [0.2, 0.25) is 0 Å². The van der Waals surface area contributed by atoms with Gasteiger partial charge in [-0.15, -0.1) is 16.9 Å². The van der Waals surface area contributed by atoms with Crippen LogP contribution in [0.5, 0.6) is 0 Å². The lowest BCUT2D eigenvalue weighted by atomic mass is 9.94. The van der Waals surface area contributed by atoms with E-state index in [2.05, 4.69) is 15.4 Å². The maximum absolute atomic E-state index is 12.0. The second-order valence-corrected chi connectivity index (χ2v) is 6.10. The van der Waals surface area contributed by atoms with Gasteiger partial charge in [0.1, 0.15) is 5.69 Å². The molecule has 2 fully saturated rings. The molecular formula is C10H12N4O3S. The van der Waals surface area contributed by atoms with Gasteiger partial charge in [-0.05, 0) is 6.92 Å². The second-order valence-electron chi connectivity index (χ2n) is 4.47. The molecule has 96 valence electrons. The summed E-state index contributed by atoms with van der Waals surface area (Å²) in [6.07, 6.45) is 2.12. The first-order chi connectivity index (χ1) is 8.58. The summed E-state index contributed by atoms with van der Waals surface area (Å²) in [5.74, 6) is -0.432. The number of nitrogens with zero attached hydrogens (tertiary/aromatic N) is 3. The largest absolute Gasteiger partial charge is 0.467 e. The minimum absolute atomic E-state index is 0.0184. The monoisotopic (exact) mass is 268 g/mol. The molecule has 0 saturated carbocycles. The molecule has 3 heterocycles. The fourth-order valence-electron chi connectivity index (χ4n) is 2.52. The van der Waals surface area contributed by atoms with Crippen molar-refractivity contribution in [1.29, 1.82) is 0 Å². The van der Waals surface area contributed by atoms with Crippen LogP contribution in [0, 0.1) is 0 Å². The van der Waals surface area contributed by atoms with Gasteiger partial charge in [-0.25, -0.2) is 4.79 Å². The van der Waals surface area contributed by atoms with Crippen molar-refractivity contribution < 1.29 is 14.3 Å². The van der Waals surface area contributed by atoms with Gasteiger partial charge in [-0.2, -0.15) is 0 Å². The van der Waals surface area contributed by atoms with Crippen molar-refractivity contribution in [3.05, 3.63) is 11.9 Å². The number of H-pyrrole nitrogens is 1. The highest BCUT2D eigenvalue weighted by molar-refractivity contribution is 8.01. The van der Waals surface area contributed by atoms with Crippen LogP contribution >= 0.6 is 11.8 Å². The van der Waals surface area contributed by atoms with E-state index in [9.17, 15) is 9.59 Å². The van der Waals surface area contributed by atoms with Crippen molar-refractivity contribution in [2.24, 2.45) is 0 Å². The van der Waals surface area contributed by atoms with Gasteiger partial charge >= 0.3 is 5.97 Å². The molecule has 0 aromatic carbocycles. The van der Waals surface area contributed by atoms with E-state index < -0.39 is 16.8 Å². The number of thioether (sulfide) groups is 1. The molecule has 0 spiro atoms. The number of hydrogen-bond donors (Lipinski definition) is 1. The molecule has 2 saturated heterocycles. The number of aromatic nitrogens is 3. The maximum Gasteiger partial charge on any atom is 0.330 e. The number of amides is 1. The first kappa shape index (κ1) is 11.5. The lowest BCUT2D eigenvalue weighted by molar-refractivity contribution is -0.159. The summed E-state index contributed by atoms with van der Waals surface area (Å²) in [4.78, 5) is 25.2. The molecule has 2 aliphatic heterocycles. The third kappa shape index (κ3) is 1.32. The Morgan fingerprint density at radius 1 is 1.72 bits per heavy atom. The number of aromatic amines is 1. The number of β-lactam (4-membered cyclic amide) rings is 1. The third-order valence-corrected chi connectivity index (χ3v) is 5.07. The van der Waals surface area contributed by atoms with Gasteiger partial charge in [0, 0.05) is 6.20 Å². The Morgan fingerprint density at radius 2 is 2.50 bits per heavy atom. The van der Waals surface area contributed by atoms with E-state index >= 15 is 0 Å². The van der Waals surface area contributed by atoms with Gasteiger partial charge in [0.15, 0.2) is 6.04 Å².